The number of hydrogen-bond donors (Lipinski definition) is 0. The Labute approximate surface area is 99.5 Å². The second kappa shape index (κ2) is 4.18. The van der Waals surface area contributed by atoms with Crippen molar-refractivity contribution < 1.29 is 0 Å². The fourth-order valence-electron chi connectivity index (χ4n) is 1.99. The Morgan fingerprint density at radius 2 is 1.69 bits per heavy atom. The maximum atomic E-state index is 5.75. The van der Waals surface area contributed by atoms with Crippen molar-refractivity contribution in [2.75, 3.05) is 0 Å². The molecule has 0 unspecified atom stereocenters. The van der Waals surface area contributed by atoms with Gasteiger partial charge in [0.05, 0.1) is 11.9 Å². The maximum Gasteiger partial charge on any atom is 0.243 e. The SMILES string of the molecule is Cc1cc(C)c(-c2cnnc(Cl)n2)c(C)c1. The van der Waals surface area contributed by atoms with Crippen LogP contribution in [0.5, 0.6) is 0 Å². The van der Waals surface area contributed by atoms with Crippen LogP contribution in [-0.4, -0.2) is 15.2 Å². The lowest BCUT2D eigenvalue weighted by Gasteiger charge is -2.09. The molecule has 1 heterocycles. The van der Waals surface area contributed by atoms with Gasteiger partial charge >= 0.3 is 0 Å². The molecule has 0 fully saturated rings. The fourth-order valence-corrected chi connectivity index (χ4v) is 2.12. The number of benzene rings is 1. The van der Waals surface area contributed by atoms with E-state index in [1.165, 1.54) is 16.7 Å². The molecule has 0 bridgehead atoms. The highest BCUT2D eigenvalue weighted by Gasteiger charge is 2.09. The predicted octanol–water partition coefficient (Wildman–Crippen LogP) is 3.12. The van der Waals surface area contributed by atoms with Gasteiger partial charge in [-0.2, -0.15) is 5.10 Å². The van der Waals surface area contributed by atoms with Gasteiger partial charge in [0.25, 0.3) is 0 Å². The molecule has 0 saturated heterocycles. The Kier molecular flexibility index (Phi) is 2.88. The van der Waals surface area contributed by atoms with Crippen molar-refractivity contribution in [1.29, 1.82) is 0 Å². The molecule has 0 saturated carbocycles. The average Bonchev–Trinajstić information content (AvgIpc) is 2.15. The zero-order chi connectivity index (χ0) is 11.7. The van der Waals surface area contributed by atoms with Crippen LogP contribution in [0.4, 0.5) is 0 Å². The summed E-state index contributed by atoms with van der Waals surface area (Å²) in [5.74, 6) is 0. The molecular weight excluding hydrogens is 222 g/mol. The normalized spacial score (nSPS) is 10.5. The lowest BCUT2D eigenvalue weighted by atomic mass is 9.98. The molecule has 82 valence electrons. The van der Waals surface area contributed by atoms with Gasteiger partial charge < -0.3 is 0 Å². The summed E-state index contributed by atoms with van der Waals surface area (Å²) in [5, 5.41) is 7.65. The molecule has 2 rings (SSSR count). The van der Waals surface area contributed by atoms with Crippen molar-refractivity contribution in [1.82, 2.24) is 15.2 Å². The third kappa shape index (κ3) is 2.04. The number of hydrogen-bond acceptors (Lipinski definition) is 3. The zero-order valence-electron chi connectivity index (χ0n) is 9.45. The first kappa shape index (κ1) is 11.0. The molecule has 1 aromatic heterocycles. The Balaban J connectivity index is 2.64. The minimum absolute atomic E-state index is 0.178. The molecule has 4 heteroatoms. The van der Waals surface area contributed by atoms with Crippen molar-refractivity contribution in [3.63, 3.8) is 0 Å². The molecule has 1 aromatic carbocycles. The molecular formula is C12H12ClN3. The average molecular weight is 234 g/mol. The van der Waals surface area contributed by atoms with E-state index in [-0.39, 0.29) is 5.28 Å². The van der Waals surface area contributed by atoms with E-state index in [0.717, 1.165) is 11.3 Å². The Morgan fingerprint density at radius 3 is 2.25 bits per heavy atom. The van der Waals surface area contributed by atoms with E-state index < -0.39 is 0 Å². The monoisotopic (exact) mass is 233 g/mol. The number of nitrogens with zero attached hydrogens (tertiary/aromatic N) is 3. The molecule has 2 aromatic rings. The van der Waals surface area contributed by atoms with E-state index in [1.807, 2.05) is 0 Å². The third-order valence-electron chi connectivity index (χ3n) is 2.47. The van der Waals surface area contributed by atoms with Crippen molar-refractivity contribution in [2.24, 2.45) is 0 Å². The van der Waals surface area contributed by atoms with Crippen LogP contribution >= 0.6 is 11.6 Å². The fraction of sp³-hybridized carbons (Fsp3) is 0.250. The van der Waals surface area contributed by atoms with Gasteiger partial charge in [-0.1, -0.05) is 17.7 Å². The lowest BCUT2D eigenvalue weighted by molar-refractivity contribution is 0.972. The standard InChI is InChI=1S/C12H12ClN3/c1-7-4-8(2)11(9(3)5-7)10-6-14-16-12(13)15-10/h4-6H,1-3H3. The molecule has 0 aliphatic carbocycles. The van der Waals surface area contributed by atoms with E-state index in [1.54, 1.807) is 6.20 Å². The Bertz CT molecular complexity index is 515. The van der Waals surface area contributed by atoms with Gasteiger partial charge in [-0.25, -0.2) is 4.98 Å². The van der Waals surface area contributed by atoms with Crippen molar-refractivity contribution in [3.8, 4) is 11.3 Å². The minimum Gasteiger partial charge on any atom is -0.215 e. The zero-order valence-corrected chi connectivity index (χ0v) is 10.2. The first-order chi connectivity index (χ1) is 7.58. The second-order valence-corrected chi connectivity index (χ2v) is 4.22. The van der Waals surface area contributed by atoms with Crippen LogP contribution in [-0.2, 0) is 0 Å². The van der Waals surface area contributed by atoms with Crippen LogP contribution in [0.15, 0.2) is 18.3 Å². The van der Waals surface area contributed by atoms with Gasteiger partial charge in [-0.3, -0.25) is 0 Å². The van der Waals surface area contributed by atoms with Gasteiger partial charge in [0.2, 0.25) is 5.28 Å². The second-order valence-electron chi connectivity index (χ2n) is 3.88. The summed E-state index contributed by atoms with van der Waals surface area (Å²) in [6.45, 7) is 6.20. The highest BCUT2D eigenvalue weighted by molar-refractivity contribution is 6.28. The highest BCUT2D eigenvalue weighted by atomic mass is 35.5. The van der Waals surface area contributed by atoms with Crippen LogP contribution in [0, 0.1) is 20.8 Å². The topological polar surface area (TPSA) is 38.7 Å². The largest absolute Gasteiger partial charge is 0.243 e. The summed E-state index contributed by atoms with van der Waals surface area (Å²) >= 11 is 5.75. The van der Waals surface area contributed by atoms with Crippen LogP contribution in [0.25, 0.3) is 11.3 Å². The molecule has 3 nitrogen and oxygen atoms in total. The van der Waals surface area contributed by atoms with Crippen LogP contribution in [0.2, 0.25) is 5.28 Å². The molecule has 0 N–H and O–H groups in total. The molecule has 0 aliphatic rings. The van der Waals surface area contributed by atoms with Gasteiger partial charge in [-0.05, 0) is 43.5 Å². The molecule has 0 radical (unpaired) electrons. The van der Waals surface area contributed by atoms with Crippen molar-refractivity contribution in [3.05, 3.63) is 40.3 Å². The Hall–Kier alpha value is -1.48. The van der Waals surface area contributed by atoms with E-state index >= 15 is 0 Å². The smallest absolute Gasteiger partial charge is 0.215 e. The Morgan fingerprint density at radius 1 is 1.06 bits per heavy atom. The number of aromatic nitrogens is 3. The highest BCUT2D eigenvalue weighted by Crippen LogP contribution is 2.26. The number of aryl methyl sites for hydroxylation is 3. The van der Waals surface area contributed by atoms with Crippen LogP contribution in [0.3, 0.4) is 0 Å². The van der Waals surface area contributed by atoms with Gasteiger partial charge in [-0.15, -0.1) is 5.10 Å². The summed E-state index contributed by atoms with van der Waals surface area (Å²) in [5.41, 5.74) is 5.45. The lowest BCUT2D eigenvalue weighted by Crippen LogP contribution is -1.95. The summed E-state index contributed by atoms with van der Waals surface area (Å²) in [6, 6.07) is 4.25. The van der Waals surface area contributed by atoms with Gasteiger partial charge in [0.15, 0.2) is 0 Å². The minimum atomic E-state index is 0.178. The summed E-state index contributed by atoms with van der Waals surface area (Å²) < 4.78 is 0. The van der Waals surface area contributed by atoms with E-state index in [4.69, 9.17) is 11.6 Å². The van der Waals surface area contributed by atoms with E-state index in [0.29, 0.717) is 0 Å². The van der Waals surface area contributed by atoms with E-state index in [2.05, 4.69) is 48.1 Å². The maximum absolute atomic E-state index is 5.75. The van der Waals surface area contributed by atoms with Gasteiger partial charge in [0, 0.05) is 5.56 Å². The number of halogens is 1. The van der Waals surface area contributed by atoms with E-state index in [9.17, 15) is 0 Å². The third-order valence-corrected chi connectivity index (χ3v) is 2.63. The van der Waals surface area contributed by atoms with Crippen LogP contribution in [0.1, 0.15) is 16.7 Å². The quantitative estimate of drug-likeness (QED) is 0.760. The summed E-state index contributed by atoms with van der Waals surface area (Å²) in [6.07, 6.45) is 1.64. The summed E-state index contributed by atoms with van der Waals surface area (Å²) in [7, 11) is 0. The summed E-state index contributed by atoms with van der Waals surface area (Å²) in [4.78, 5) is 4.19. The molecule has 0 atom stereocenters. The first-order valence-electron chi connectivity index (χ1n) is 5.01. The van der Waals surface area contributed by atoms with Gasteiger partial charge in [0.1, 0.15) is 0 Å². The number of rotatable bonds is 1. The first-order valence-corrected chi connectivity index (χ1v) is 5.39. The molecule has 0 spiro atoms. The predicted molar refractivity (Wildman–Crippen MR) is 64.5 cm³/mol. The van der Waals surface area contributed by atoms with Crippen molar-refractivity contribution in [2.45, 2.75) is 20.8 Å². The molecule has 0 aliphatic heterocycles. The molecule has 0 amide bonds. The molecule has 16 heavy (non-hydrogen) atoms. The van der Waals surface area contributed by atoms with Crippen molar-refractivity contribution >= 4 is 11.6 Å². The van der Waals surface area contributed by atoms with Crippen LogP contribution < -0.4 is 0 Å².